The molecule has 1 aliphatic rings. The molecule has 0 radical (unpaired) electrons. The van der Waals surface area contributed by atoms with Crippen molar-refractivity contribution >= 4 is 5.91 Å². The number of hydrogen-bond acceptors (Lipinski definition) is 2. The Morgan fingerprint density at radius 1 is 1.14 bits per heavy atom. The lowest BCUT2D eigenvalue weighted by Gasteiger charge is -2.33. The molecule has 21 heavy (non-hydrogen) atoms. The number of amides is 1. The van der Waals surface area contributed by atoms with Crippen molar-refractivity contribution in [1.82, 2.24) is 5.32 Å². The lowest BCUT2D eigenvalue weighted by molar-refractivity contribution is -0.270. The lowest BCUT2D eigenvalue weighted by Crippen LogP contribution is -2.57. The predicted molar refractivity (Wildman–Crippen MR) is 68.1 cm³/mol. The van der Waals surface area contributed by atoms with E-state index >= 15 is 0 Å². The molecule has 1 atom stereocenters. The first-order valence-electron chi connectivity index (χ1n) is 6.81. The summed E-state index contributed by atoms with van der Waals surface area (Å²) in [7, 11) is 0. The van der Waals surface area contributed by atoms with Crippen molar-refractivity contribution in [3.63, 3.8) is 0 Å². The lowest BCUT2D eigenvalue weighted by atomic mass is 10.00. The van der Waals surface area contributed by atoms with E-state index in [0.717, 1.165) is 12.8 Å². The van der Waals surface area contributed by atoms with Gasteiger partial charge in [-0.05, 0) is 33.6 Å². The van der Waals surface area contributed by atoms with Gasteiger partial charge in [0.05, 0.1) is 17.7 Å². The molecule has 1 unspecified atom stereocenters. The molecule has 1 aliphatic carbocycles. The maximum Gasteiger partial charge on any atom is 0.463 e. The Labute approximate surface area is 121 Å². The molecule has 0 aromatic carbocycles. The van der Waals surface area contributed by atoms with Crippen LogP contribution in [0.15, 0.2) is 0 Å². The SMILES string of the molecule is CC.CC(NC(=O)C(F)(F)C(F)(F)F)C(C)(C)OC1CC1. The average molecular weight is 319 g/mol. The molecule has 1 rings (SSSR count). The van der Waals surface area contributed by atoms with E-state index in [1.54, 1.807) is 5.32 Å². The number of rotatable bonds is 5. The number of hydrogen-bond donors (Lipinski definition) is 1. The third-order valence-corrected chi connectivity index (χ3v) is 3.03. The maximum absolute atomic E-state index is 12.8. The van der Waals surface area contributed by atoms with Crippen LogP contribution in [-0.4, -0.2) is 35.8 Å². The maximum atomic E-state index is 12.8. The van der Waals surface area contributed by atoms with Gasteiger partial charge in [-0.25, -0.2) is 0 Å². The standard InChI is InChI=1S/C11H16F5NO2.C2H6/c1-6(9(2,3)19-7-4-5-7)17-8(18)10(12,13)11(14,15)16;1-2/h6-7H,4-5H2,1-3H3,(H,17,18);1-2H3. The van der Waals surface area contributed by atoms with Crippen LogP contribution in [0.4, 0.5) is 22.0 Å². The Morgan fingerprint density at radius 2 is 1.57 bits per heavy atom. The van der Waals surface area contributed by atoms with Gasteiger partial charge in [-0.15, -0.1) is 0 Å². The number of halogens is 5. The smallest absolute Gasteiger partial charge is 0.370 e. The molecule has 126 valence electrons. The van der Waals surface area contributed by atoms with Gasteiger partial charge in [0.15, 0.2) is 0 Å². The van der Waals surface area contributed by atoms with Gasteiger partial charge in [0, 0.05) is 0 Å². The van der Waals surface area contributed by atoms with Gasteiger partial charge in [-0.3, -0.25) is 4.79 Å². The number of ether oxygens (including phenoxy) is 1. The molecular weight excluding hydrogens is 297 g/mol. The van der Waals surface area contributed by atoms with Gasteiger partial charge in [0.25, 0.3) is 0 Å². The summed E-state index contributed by atoms with van der Waals surface area (Å²) in [5, 5.41) is 1.67. The van der Waals surface area contributed by atoms with Crippen molar-refractivity contribution in [2.45, 2.75) is 77.3 Å². The average Bonchev–Trinajstić information content (AvgIpc) is 3.13. The Hall–Kier alpha value is -0.920. The topological polar surface area (TPSA) is 38.3 Å². The van der Waals surface area contributed by atoms with Crippen LogP contribution in [0.3, 0.4) is 0 Å². The Morgan fingerprint density at radius 3 is 1.90 bits per heavy atom. The highest BCUT2D eigenvalue weighted by Gasteiger charge is 2.63. The molecule has 0 aromatic rings. The molecule has 1 saturated carbocycles. The van der Waals surface area contributed by atoms with Gasteiger partial charge < -0.3 is 10.1 Å². The summed E-state index contributed by atoms with van der Waals surface area (Å²) in [6, 6.07) is -0.978. The molecule has 0 bridgehead atoms. The largest absolute Gasteiger partial charge is 0.463 e. The molecule has 1 fully saturated rings. The van der Waals surface area contributed by atoms with E-state index in [4.69, 9.17) is 4.74 Å². The second-order valence-corrected chi connectivity index (χ2v) is 5.19. The summed E-state index contributed by atoms with van der Waals surface area (Å²) in [6.45, 7) is 8.39. The first-order chi connectivity index (χ1) is 9.38. The summed E-state index contributed by atoms with van der Waals surface area (Å²) < 4.78 is 67.0. The fraction of sp³-hybridized carbons (Fsp3) is 0.923. The van der Waals surface area contributed by atoms with E-state index in [2.05, 4.69) is 0 Å². The molecule has 1 N–H and O–H groups in total. The number of carbonyl (C=O) groups is 1. The van der Waals surface area contributed by atoms with Crippen molar-refractivity contribution in [3.05, 3.63) is 0 Å². The molecule has 3 nitrogen and oxygen atoms in total. The van der Waals surface area contributed by atoms with Crippen LogP contribution in [0.5, 0.6) is 0 Å². The van der Waals surface area contributed by atoms with Crippen LogP contribution in [0.1, 0.15) is 47.5 Å². The Kier molecular flexibility index (Phi) is 6.59. The van der Waals surface area contributed by atoms with Gasteiger partial charge in [-0.1, -0.05) is 13.8 Å². The Bertz CT molecular complexity index is 351. The van der Waals surface area contributed by atoms with E-state index in [-0.39, 0.29) is 6.10 Å². The normalized spacial score (nSPS) is 17.6. The summed E-state index contributed by atoms with van der Waals surface area (Å²) in [5.41, 5.74) is -1.02. The zero-order valence-electron chi connectivity index (χ0n) is 12.8. The van der Waals surface area contributed by atoms with Crippen LogP contribution in [-0.2, 0) is 9.53 Å². The van der Waals surface area contributed by atoms with Crippen LogP contribution in [0.2, 0.25) is 0 Å². The van der Waals surface area contributed by atoms with Crippen molar-refractivity contribution < 1.29 is 31.5 Å². The van der Waals surface area contributed by atoms with E-state index in [1.165, 1.54) is 20.8 Å². The van der Waals surface area contributed by atoms with Crippen molar-refractivity contribution in [1.29, 1.82) is 0 Å². The van der Waals surface area contributed by atoms with Gasteiger partial charge >= 0.3 is 18.0 Å². The number of nitrogens with one attached hydrogen (secondary N) is 1. The quantitative estimate of drug-likeness (QED) is 0.785. The second kappa shape index (κ2) is 6.89. The van der Waals surface area contributed by atoms with Gasteiger partial charge in [0.1, 0.15) is 0 Å². The van der Waals surface area contributed by atoms with Gasteiger partial charge in [0.2, 0.25) is 0 Å². The molecule has 0 heterocycles. The molecule has 8 heteroatoms. The van der Waals surface area contributed by atoms with Crippen molar-refractivity contribution in [2.75, 3.05) is 0 Å². The zero-order chi connectivity index (χ0) is 17.1. The molecular formula is C13H22F5NO2. The Balaban J connectivity index is 0.00000191. The molecule has 1 amide bonds. The van der Waals surface area contributed by atoms with E-state index < -0.39 is 29.6 Å². The first kappa shape index (κ1) is 20.1. The minimum Gasteiger partial charge on any atom is -0.370 e. The third-order valence-electron chi connectivity index (χ3n) is 3.03. The molecule has 0 aromatic heterocycles. The monoisotopic (exact) mass is 319 g/mol. The fourth-order valence-corrected chi connectivity index (χ4v) is 1.31. The highest BCUT2D eigenvalue weighted by atomic mass is 19.4. The summed E-state index contributed by atoms with van der Waals surface area (Å²) in [6.07, 6.45) is -4.28. The van der Waals surface area contributed by atoms with Crippen LogP contribution in [0, 0.1) is 0 Å². The fourth-order valence-electron chi connectivity index (χ4n) is 1.31. The molecule has 0 saturated heterocycles. The van der Waals surface area contributed by atoms with Crippen molar-refractivity contribution in [3.8, 4) is 0 Å². The van der Waals surface area contributed by atoms with Crippen LogP contribution >= 0.6 is 0 Å². The second-order valence-electron chi connectivity index (χ2n) is 5.19. The minimum absolute atomic E-state index is 0.0162. The third kappa shape index (κ3) is 5.41. The molecule has 0 spiro atoms. The minimum atomic E-state index is -5.90. The predicted octanol–water partition coefficient (Wildman–Crippen LogP) is 3.67. The van der Waals surface area contributed by atoms with Gasteiger partial charge in [-0.2, -0.15) is 22.0 Å². The molecule has 0 aliphatic heterocycles. The summed E-state index contributed by atoms with van der Waals surface area (Å²) in [4.78, 5) is 11.0. The summed E-state index contributed by atoms with van der Waals surface area (Å²) >= 11 is 0. The number of alkyl halides is 5. The first-order valence-corrected chi connectivity index (χ1v) is 6.81. The van der Waals surface area contributed by atoms with E-state index in [9.17, 15) is 26.7 Å². The highest BCUT2D eigenvalue weighted by Crippen LogP contribution is 2.36. The zero-order valence-corrected chi connectivity index (χ0v) is 12.8. The van der Waals surface area contributed by atoms with Crippen LogP contribution in [0.25, 0.3) is 0 Å². The highest BCUT2D eigenvalue weighted by molar-refractivity contribution is 5.84. The number of carbonyl (C=O) groups excluding carboxylic acids is 1. The van der Waals surface area contributed by atoms with Crippen LogP contribution < -0.4 is 5.32 Å². The van der Waals surface area contributed by atoms with E-state index in [0.29, 0.717) is 0 Å². The van der Waals surface area contributed by atoms with E-state index in [1.807, 2.05) is 13.8 Å². The summed E-state index contributed by atoms with van der Waals surface area (Å²) in [5.74, 6) is -7.77. The van der Waals surface area contributed by atoms with Crippen molar-refractivity contribution in [2.24, 2.45) is 0 Å².